The van der Waals surface area contributed by atoms with E-state index in [9.17, 15) is 9.90 Å². The van der Waals surface area contributed by atoms with Gasteiger partial charge in [-0.1, -0.05) is 12.8 Å². The van der Waals surface area contributed by atoms with E-state index in [4.69, 9.17) is 0 Å². The number of carbonyl (C=O) groups is 1. The fourth-order valence-corrected chi connectivity index (χ4v) is 3.39. The number of carboxylic acid groups (broad SMARTS) is 1. The molecule has 0 aromatic heterocycles. The van der Waals surface area contributed by atoms with Crippen molar-refractivity contribution >= 4 is 5.97 Å². The van der Waals surface area contributed by atoms with E-state index in [1.54, 1.807) is 0 Å². The minimum atomic E-state index is -0.954. The molecule has 0 radical (unpaired) electrons. The maximum Gasteiger partial charge on any atom is 1.00 e. The summed E-state index contributed by atoms with van der Waals surface area (Å²) in [5, 5.41) is 19.9. The second-order valence-corrected chi connectivity index (χ2v) is 6.43. The normalized spacial score (nSPS) is 33.9. The molecule has 0 aromatic rings. The topological polar surface area (TPSA) is 68.1 Å². The monoisotopic (exact) mass is 303 g/mol. The number of carbonyl (C=O) groups excluding carboxylic acids is 1. The van der Waals surface area contributed by atoms with Crippen molar-refractivity contribution in [2.24, 2.45) is 16.1 Å². The van der Waals surface area contributed by atoms with E-state index in [1.165, 1.54) is 0 Å². The molecule has 2 atom stereocenters. The van der Waals surface area contributed by atoms with Gasteiger partial charge in [-0.25, -0.2) is 0 Å². The molecule has 0 saturated heterocycles. The standard InChI is InChI=1S/C15H27N3O2.Na/c1-18(2)12-9-7-11(8-10-12)16-17-14-6-4-3-5-13(14)15(19)20;/h11-14H,3-10H2,1-2H3,(H,19,20);/q;+1/p-1. The molecule has 2 aliphatic rings. The van der Waals surface area contributed by atoms with Crippen LogP contribution in [0.25, 0.3) is 0 Å². The molecule has 2 fully saturated rings. The Hall–Kier alpha value is 0.0300. The molecule has 0 N–H and O–H groups in total. The summed E-state index contributed by atoms with van der Waals surface area (Å²) in [7, 11) is 4.25. The molecular weight excluding hydrogens is 277 g/mol. The largest absolute Gasteiger partial charge is 1.00 e. The first-order valence-electron chi connectivity index (χ1n) is 7.85. The van der Waals surface area contributed by atoms with Crippen LogP contribution in [0.15, 0.2) is 10.2 Å². The van der Waals surface area contributed by atoms with Gasteiger partial charge in [-0.2, -0.15) is 10.2 Å². The summed E-state index contributed by atoms with van der Waals surface area (Å²) in [5.74, 6) is -1.38. The Morgan fingerprint density at radius 3 is 2.19 bits per heavy atom. The second kappa shape index (κ2) is 9.23. The molecule has 0 bridgehead atoms. The first kappa shape index (κ1) is 19.1. The number of rotatable bonds is 4. The molecule has 6 heteroatoms. The number of aliphatic carboxylic acids is 1. The molecular formula is C15H26N3NaO2. The van der Waals surface area contributed by atoms with Crippen LogP contribution in [0.5, 0.6) is 0 Å². The summed E-state index contributed by atoms with van der Waals surface area (Å²) >= 11 is 0. The zero-order chi connectivity index (χ0) is 14.5. The van der Waals surface area contributed by atoms with Gasteiger partial charge in [0.1, 0.15) is 0 Å². The van der Waals surface area contributed by atoms with Crippen molar-refractivity contribution in [2.45, 2.75) is 69.5 Å². The van der Waals surface area contributed by atoms with E-state index >= 15 is 0 Å². The molecule has 0 aromatic carbocycles. The molecule has 21 heavy (non-hydrogen) atoms. The van der Waals surface area contributed by atoms with Crippen LogP contribution in [0.4, 0.5) is 0 Å². The summed E-state index contributed by atoms with van der Waals surface area (Å²) < 4.78 is 0. The number of hydrogen-bond donors (Lipinski definition) is 0. The van der Waals surface area contributed by atoms with Crippen LogP contribution in [0.3, 0.4) is 0 Å². The Balaban J connectivity index is 0.00000220. The molecule has 2 unspecified atom stereocenters. The number of carboxylic acids is 1. The van der Waals surface area contributed by atoms with Gasteiger partial charge >= 0.3 is 29.6 Å². The predicted molar refractivity (Wildman–Crippen MR) is 75.3 cm³/mol. The van der Waals surface area contributed by atoms with Crippen molar-refractivity contribution in [1.82, 2.24) is 4.90 Å². The summed E-state index contributed by atoms with van der Waals surface area (Å²) in [6, 6.07) is 0.794. The quantitative estimate of drug-likeness (QED) is 0.475. The van der Waals surface area contributed by atoms with Gasteiger partial charge in [-0.3, -0.25) is 0 Å². The SMILES string of the molecule is CN(C)C1CCC(N=NC2CCCCC2C(=O)[O-])CC1.[Na+]. The van der Waals surface area contributed by atoms with Crippen molar-refractivity contribution in [2.75, 3.05) is 14.1 Å². The second-order valence-electron chi connectivity index (χ2n) is 6.43. The number of hydrogen-bond acceptors (Lipinski definition) is 5. The zero-order valence-electron chi connectivity index (χ0n) is 13.6. The van der Waals surface area contributed by atoms with Gasteiger partial charge in [-0.05, 0) is 52.6 Å². The van der Waals surface area contributed by atoms with Gasteiger partial charge in [0.05, 0.1) is 12.1 Å². The molecule has 2 saturated carbocycles. The van der Waals surface area contributed by atoms with Crippen molar-refractivity contribution in [3.05, 3.63) is 0 Å². The van der Waals surface area contributed by atoms with Crippen LogP contribution in [0.1, 0.15) is 51.4 Å². The molecule has 2 aliphatic carbocycles. The van der Waals surface area contributed by atoms with Gasteiger partial charge in [-0.15, -0.1) is 0 Å². The molecule has 0 heterocycles. The summed E-state index contributed by atoms with van der Waals surface area (Å²) in [5.41, 5.74) is 0. The number of azo groups is 1. The third kappa shape index (κ3) is 5.62. The van der Waals surface area contributed by atoms with Crippen molar-refractivity contribution < 1.29 is 39.5 Å². The molecule has 0 aliphatic heterocycles. The molecule has 0 spiro atoms. The Morgan fingerprint density at radius 2 is 1.62 bits per heavy atom. The molecule has 2 rings (SSSR count). The zero-order valence-corrected chi connectivity index (χ0v) is 15.6. The van der Waals surface area contributed by atoms with E-state index in [2.05, 4.69) is 29.2 Å². The van der Waals surface area contributed by atoms with Gasteiger partial charge in [0, 0.05) is 17.9 Å². The van der Waals surface area contributed by atoms with Crippen LogP contribution in [0.2, 0.25) is 0 Å². The smallest absolute Gasteiger partial charge is 0.550 e. The third-order valence-electron chi connectivity index (χ3n) is 4.81. The Labute approximate surface area is 149 Å². The maximum atomic E-state index is 11.1. The molecule has 0 amide bonds. The fraction of sp³-hybridized carbons (Fsp3) is 0.933. The van der Waals surface area contributed by atoms with E-state index < -0.39 is 11.9 Å². The average molecular weight is 303 g/mol. The van der Waals surface area contributed by atoms with Gasteiger partial charge < -0.3 is 14.8 Å². The summed E-state index contributed by atoms with van der Waals surface area (Å²) in [4.78, 5) is 13.4. The van der Waals surface area contributed by atoms with Gasteiger partial charge in [0.15, 0.2) is 0 Å². The minimum absolute atomic E-state index is 0. The fourth-order valence-electron chi connectivity index (χ4n) is 3.39. The van der Waals surface area contributed by atoms with Crippen LogP contribution >= 0.6 is 0 Å². The van der Waals surface area contributed by atoms with Crippen LogP contribution < -0.4 is 34.7 Å². The summed E-state index contributed by atoms with van der Waals surface area (Å²) in [6.45, 7) is 0. The van der Waals surface area contributed by atoms with Crippen LogP contribution in [-0.2, 0) is 4.79 Å². The first-order chi connectivity index (χ1) is 9.58. The van der Waals surface area contributed by atoms with E-state index in [-0.39, 0.29) is 41.6 Å². The Kier molecular flexibility index (Phi) is 8.39. The Morgan fingerprint density at radius 1 is 1.00 bits per heavy atom. The Bertz CT molecular complexity index is 355. The van der Waals surface area contributed by atoms with Crippen LogP contribution in [0, 0.1) is 5.92 Å². The van der Waals surface area contributed by atoms with Gasteiger partial charge in [0.25, 0.3) is 0 Å². The van der Waals surface area contributed by atoms with Gasteiger partial charge in [0.2, 0.25) is 0 Å². The van der Waals surface area contributed by atoms with Crippen molar-refractivity contribution in [3.63, 3.8) is 0 Å². The van der Waals surface area contributed by atoms with Crippen molar-refractivity contribution in [3.8, 4) is 0 Å². The maximum absolute atomic E-state index is 11.1. The predicted octanol–water partition coefficient (Wildman–Crippen LogP) is -1.38. The molecule has 5 nitrogen and oxygen atoms in total. The molecule has 114 valence electrons. The average Bonchev–Trinajstić information content (AvgIpc) is 2.45. The van der Waals surface area contributed by atoms with E-state index in [0.29, 0.717) is 12.5 Å². The number of nitrogens with zero attached hydrogens (tertiary/aromatic N) is 3. The summed E-state index contributed by atoms with van der Waals surface area (Å²) in [6.07, 6.45) is 8.01. The first-order valence-corrected chi connectivity index (χ1v) is 7.85. The third-order valence-corrected chi connectivity index (χ3v) is 4.81. The van der Waals surface area contributed by atoms with E-state index in [1.807, 2.05) is 0 Å². The van der Waals surface area contributed by atoms with Crippen LogP contribution in [-0.4, -0.2) is 43.1 Å². The minimum Gasteiger partial charge on any atom is -0.550 e. The van der Waals surface area contributed by atoms with E-state index in [0.717, 1.165) is 44.9 Å². The van der Waals surface area contributed by atoms with Crippen molar-refractivity contribution in [1.29, 1.82) is 0 Å².